The van der Waals surface area contributed by atoms with E-state index in [0.29, 0.717) is 10.5 Å². The Hall–Kier alpha value is -0.291. The van der Waals surface area contributed by atoms with Gasteiger partial charge in [-0.1, -0.05) is 0 Å². The molecule has 0 radical (unpaired) electrons. The molecule has 2 aromatic rings. The second-order valence-electron chi connectivity index (χ2n) is 6.97. The number of unbranched alkanes of at least 4 members (excludes halogenated alkanes) is 3. The van der Waals surface area contributed by atoms with Crippen LogP contribution in [0.25, 0.3) is 10.9 Å². The van der Waals surface area contributed by atoms with E-state index in [4.69, 9.17) is 11.6 Å². The van der Waals surface area contributed by atoms with Crippen molar-refractivity contribution in [1.29, 1.82) is 0 Å². The zero-order chi connectivity index (χ0) is 17.6. The fourth-order valence-electron chi connectivity index (χ4n) is 3.75. The normalized spacial score (nSPS) is 12.2. The minimum atomic E-state index is -2.71. The number of H-pyrrole nitrogens is 1. The van der Waals surface area contributed by atoms with Crippen molar-refractivity contribution in [1.82, 2.24) is 10.2 Å². The van der Waals surface area contributed by atoms with Gasteiger partial charge in [0, 0.05) is 0 Å². The van der Waals surface area contributed by atoms with E-state index < -0.39 is 18.4 Å². The number of benzene rings is 1. The third-order valence-corrected chi connectivity index (χ3v) is 20.6. The summed E-state index contributed by atoms with van der Waals surface area (Å²) in [6, 6.07) is 3.23. The topological polar surface area (TPSA) is 28.7 Å². The first kappa shape index (κ1) is 20.0. The van der Waals surface area contributed by atoms with Gasteiger partial charge < -0.3 is 0 Å². The number of halogens is 2. The molecule has 1 aromatic carbocycles. The van der Waals surface area contributed by atoms with Gasteiger partial charge in [-0.25, -0.2) is 0 Å². The van der Waals surface area contributed by atoms with Crippen molar-refractivity contribution in [2.24, 2.45) is 0 Å². The van der Waals surface area contributed by atoms with Crippen LogP contribution in [0.5, 0.6) is 0 Å². The third-order valence-electron chi connectivity index (χ3n) is 5.13. The van der Waals surface area contributed by atoms with Crippen LogP contribution in [-0.4, -0.2) is 28.6 Å². The first-order valence-corrected chi connectivity index (χ1v) is 17.3. The van der Waals surface area contributed by atoms with E-state index in [9.17, 15) is 4.39 Å². The summed E-state index contributed by atoms with van der Waals surface area (Å²) in [6.07, 6.45) is 7.36. The Labute approximate surface area is 154 Å². The summed E-state index contributed by atoms with van der Waals surface area (Å²) in [4.78, 5) is 0. The molecule has 134 valence electrons. The molecule has 0 saturated heterocycles. The van der Waals surface area contributed by atoms with E-state index in [1.54, 1.807) is 6.07 Å². The van der Waals surface area contributed by atoms with Crippen molar-refractivity contribution in [3.05, 3.63) is 23.0 Å². The van der Waals surface area contributed by atoms with Gasteiger partial charge in [0.1, 0.15) is 0 Å². The van der Waals surface area contributed by atoms with Crippen molar-refractivity contribution < 1.29 is 4.39 Å². The summed E-state index contributed by atoms with van der Waals surface area (Å²) < 4.78 is 19.8. The standard InChI is InChI=1S/C7H3ClFN2.3C4H9.Sn/c8-4-1-6(9)5-3-10-11-7(5)2-4;3*1-3-4-2;/h1-2H,(H,10,11);3*1,3-4H2,2H3;. The first-order chi connectivity index (χ1) is 11.6. The zero-order valence-electron chi connectivity index (χ0n) is 15.2. The van der Waals surface area contributed by atoms with Crippen molar-refractivity contribution >= 4 is 44.6 Å². The summed E-state index contributed by atoms with van der Waals surface area (Å²) in [5.74, 6) is -0.202. The number of fused-ring (bicyclic) bond motifs is 1. The monoisotopic (exact) mass is 460 g/mol. The zero-order valence-corrected chi connectivity index (χ0v) is 18.8. The Morgan fingerprint density at radius 1 is 1.00 bits per heavy atom. The maximum absolute atomic E-state index is 14.7. The summed E-state index contributed by atoms with van der Waals surface area (Å²) >= 11 is 3.31. The van der Waals surface area contributed by atoms with Crippen LogP contribution in [0.15, 0.2) is 12.1 Å². The van der Waals surface area contributed by atoms with Gasteiger partial charge in [0.25, 0.3) is 0 Å². The fraction of sp³-hybridized carbons (Fsp3) is 0.632. The van der Waals surface area contributed by atoms with Crippen molar-refractivity contribution in [3.63, 3.8) is 0 Å². The van der Waals surface area contributed by atoms with E-state index in [0.717, 1.165) is 5.39 Å². The molecule has 24 heavy (non-hydrogen) atoms. The number of hydrogen-bond donors (Lipinski definition) is 1. The molecule has 1 aromatic heterocycles. The Bertz CT molecular complexity index is 634. The third kappa shape index (κ3) is 4.46. The molecular weight excluding hydrogens is 429 g/mol. The Kier molecular flexibility index (Phi) is 7.86. The molecular formula is C19H30ClFN2Sn. The molecule has 5 heteroatoms. The van der Waals surface area contributed by atoms with E-state index in [-0.39, 0.29) is 5.82 Å². The van der Waals surface area contributed by atoms with Crippen LogP contribution < -0.4 is 3.71 Å². The van der Waals surface area contributed by atoms with Crippen LogP contribution in [0.2, 0.25) is 18.3 Å². The Morgan fingerprint density at radius 2 is 1.54 bits per heavy atom. The number of hydrogen-bond acceptors (Lipinski definition) is 1. The van der Waals surface area contributed by atoms with E-state index in [1.165, 1.54) is 61.6 Å². The first-order valence-electron chi connectivity index (χ1n) is 9.41. The summed E-state index contributed by atoms with van der Waals surface area (Å²) in [7, 11) is 0. The SMILES string of the molecule is CCC[CH2][Sn]([CH2]CCC)([CH2]CCC)[c]1[nH]nc2cc(Cl)cc(F)c12. The molecule has 2 nitrogen and oxygen atoms in total. The molecule has 0 bridgehead atoms. The molecule has 0 aliphatic rings. The quantitative estimate of drug-likeness (QED) is 0.409. The molecule has 1 N–H and O–H groups in total. The number of nitrogens with zero attached hydrogens (tertiary/aromatic N) is 1. The maximum atomic E-state index is 14.7. The molecule has 0 fully saturated rings. The van der Waals surface area contributed by atoms with Crippen LogP contribution in [0.3, 0.4) is 0 Å². The fourth-order valence-corrected chi connectivity index (χ4v) is 20.1. The van der Waals surface area contributed by atoms with E-state index >= 15 is 0 Å². The van der Waals surface area contributed by atoms with Crippen LogP contribution in [0.1, 0.15) is 59.3 Å². The van der Waals surface area contributed by atoms with Gasteiger partial charge in [0.05, 0.1) is 0 Å². The molecule has 2 rings (SSSR count). The summed E-state index contributed by atoms with van der Waals surface area (Å²) in [6.45, 7) is 6.76. The molecule has 0 unspecified atom stereocenters. The van der Waals surface area contributed by atoms with Crippen LogP contribution in [0.4, 0.5) is 4.39 Å². The minimum absolute atomic E-state index is 0.202. The molecule has 0 amide bonds. The van der Waals surface area contributed by atoms with Gasteiger partial charge in [-0.05, 0) is 0 Å². The number of rotatable bonds is 10. The molecule has 0 atom stereocenters. The van der Waals surface area contributed by atoms with E-state index in [2.05, 4.69) is 31.0 Å². The number of nitrogens with one attached hydrogen (secondary N) is 1. The van der Waals surface area contributed by atoms with E-state index in [1.807, 2.05) is 0 Å². The van der Waals surface area contributed by atoms with Crippen molar-refractivity contribution in [3.8, 4) is 0 Å². The second kappa shape index (κ2) is 9.42. The van der Waals surface area contributed by atoms with Gasteiger partial charge in [0.2, 0.25) is 0 Å². The molecule has 0 aliphatic heterocycles. The van der Waals surface area contributed by atoms with Crippen molar-refractivity contribution in [2.45, 2.75) is 72.6 Å². The summed E-state index contributed by atoms with van der Waals surface area (Å²) in [5.41, 5.74) is 0.695. The summed E-state index contributed by atoms with van der Waals surface area (Å²) in [5, 5.41) is 8.89. The predicted octanol–water partition coefficient (Wildman–Crippen LogP) is 6.41. The molecule has 0 spiro atoms. The molecule has 0 saturated carbocycles. The van der Waals surface area contributed by atoms with Gasteiger partial charge in [0.15, 0.2) is 0 Å². The average Bonchev–Trinajstić information content (AvgIpc) is 2.99. The molecule has 1 heterocycles. The Morgan fingerprint density at radius 3 is 2.04 bits per heavy atom. The van der Waals surface area contributed by atoms with Crippen molar-refractivity contribution in [2.75, 3.05) is 0 Å². The van der Waals surface area contributed by atoms with Gasteiger partial charge in [-0.2, -0.15) is 0 Å². The molecule has 0 aliphatic carbocycles. The second-order valence-corrected chi connectivity index (χ2v) is 20.4. The van der Waals surface area contributed by atoms with Crippen LogP contribution in [0, 0.1) is 5.82 Å². The van der Waals surface area contributed by atoms with Gasteiger partial charge in [-0.3, -0.25) is 0 Å². The van der Waals surface area contributed by atoms with Crippen LogP contribution in [-0.2, 0) is 0 Å². The average molecular weight is 460 g/mol. The van der Waals surface area contributed by atoms with Crippen LogP contribution >= 0.6 is 11.6 Å². The van der Waals surface area contributed by atoms with Gasteiger partial charge in [-0.15, -0.1) is 0 Å². The Balaban J connectivity index is 2.55. The number of aromatic nitrogens is 2. The number of aromatic amines is 1. The predicted molar refractivity (Wildman–Crippen MR) is 106 cm³/mol. The van der Waals surface area contributed by atoms with Gasteiger partial charge >= 0.3 is 155 Å².